The maximum absolute atomic E-state index is 11.9. The van der Waals surface area contributed by atoms with Gasteiger partial charge in [-0.1, -0.05) is 24.3 Å². The number of para-hydroxylation sites is 1. The van der Waals surface area contributed by atoms with Crippen LogP contribution in [0.15, 0.2) is 48.5 Å². The average molecular weight is 256 g/mol. The second-order valence-corrected chi connectivity index (χ2v) is 3.89. The molecule has 0 saturated carbocycles. The molecule has 1 amide bonds. The zero-order valence-electron chi connectivity index (χ0n) is 9.96. The van der Waals surface area contributed by atoms with Gasteiger partial charge in [-0.2, -0.15) is 0 Å². The number of nitrogen functional groups attached to an aromatic ring is 1. The Hall–Kier alpha value is -2.82. The first-order chi connectivity index (χ1) is 9.09. The van der Waals surface area contributed by atoms with Crippen LogP contribution in [0.3, 0.4) is 0 Å². The van der Waals surface area contributed by atoms with Gasteiger partial charge in [0.05, 0.1) is 16.9 Å². The zero-order chi connectivity index (χ0) is 13.8. The summed E-state index contributed by atoms with van der Waals surface area (Å²) >= 11 is 0. The molecule has 0 aliphatic carbocycles. The minimum absolute atomic E-state index is 0.0362. The van der Waals surface area contributed by atoms with Crippen molar-refractivity contribution < 1.29 is 14.7 Å². The Balaban J connectivity index is 2.27. The highest BCUT2D eigenvalue weighted by atomic mass is 16.4. The second kappa shape index (κ2) is 5.22. The number of benzene rings is 2. The van der Waals surface area contributed by atoms with Crippen molar-refractivity contribution in [3.05, 3.63) is 59.7 Å². The van der Waals surface area contributed by atoms with E-state index < -0.39 is 5.97 Å². The lowest BCUT2D eigenvalue weighted by Crippen LogP contribution is -2.14. The summed E-state index contributed by atoms with van der Waals surface area (Å²) in [5, 5.41) is 11.5. The van der Waals surface area contributed by atoms with Gasteiger partial charge >= 0.3 is 5.97 Å². The molecule has 0 unspecified atom stereocenters. The lowest BCUT2D eigenvalue weighted by molar-refractivity contribution is 0.0697. The van der Waals surface area contributed by atoms with Gasteiger partial charge in [0.2, 0.25) is 0 Å². The molecule has 0 aliphatic heterocycles. The van der Waals surface area contributed by atoms with Gasteiger partial charge in [0, 0.05) is 5.56 Å². The van der Waals surface area contributed by atoms with Gasteiger partial charge in [-0.05, 0) is 24.3 Å². The van der Waals surface area contributed by atoms with Crippen molar-refractivity contribution in [2.75, 3.05) is 11.1 Å². The Morgan fingerprint density at radius 3 is 2.32 bits per heavy atom. The van der Waals surface area contributed by atoms with Gasteiger partial charge in [0.15, 0.2) is 0 Å². The van der Waals surface area contributed by atoms with Crippen LogP contribution in [0.25, 0.3) is 0 Å². The van der Waals surface area contributed by atoms with E-state index in [1.165, 1.54) is 12.1 Å². The van der Waals surface area contributed by atoms with E-state index in [1.54, 1.807) is 36.4 Å². The minimum atomic E-state index is -1.13. The number of hydrogen-bond acceptors (Lipinski definition) is 3. The number of anilines is 2. The minimum Gasteiger partial charge on any atom is -0.478 e. The third-order valence-corrected chi connectivity index (χ3v) is 2.62. The van der Waals surface area contributed by atoms with E-state index in [-0.39, 0.29) is 22.8 Å². The van der Waals surface area contributed by atoms with Crippen LogP contribution >= 0.6 is 0 Å². The number of aromatic carboxylic acids is 1. The summed E-state index contributed by atoms with van der Waals surface area (Å²) in [5.41, 5.74) is 6.48. The Labute approximate surface area is 109 Å². The first kappa shape index (κ1) is 12.6. The Morgan fingerprint density at radius 1 is 1.00 bits per heavy atom. The van der Waals surface area contributed by atoms with Crippen LogP contribution in [0.1, 0.15) is 20.7 Å². The number of nitrogens with one attached hydrogen (secondary N) is 1. The summed E-state index contributed by atoms with van der Waals surface area (Å²) in [6.45, 7) is 0. The number of carboxylic acids is 1. The van der Waals surface area contributed by atoms with Crippen molar-refractivity contribution in [3.8, 4) is 0 Å². The highest BCUT2D eigenvalue weighted by molar-refractivity contribution is 6.07. The number of carboxylic acid groups (broad SMARTS) is 1. The zero-order valence-corrected chi connectivity index (χ0v) is 9.96. The van der Waals surface area contributed by atoms with E-state index in [2.05, 4.69) is 5.32 Å². The molecule has 2 aromatic rings. The van der Waals surface area contributed by atoms with Gasteiger partial charge in [-0.15, -0.1) is 0 Å². The molecule has 0 fully saturated rings. The molecule has 19 heavy (non-hydrogen) atoms. The lowest BCUT2D eigenvalue weighted by Gasteiger charge is -2.10. The Morgan fingerprint density at radius 2 is 1.68 bits per heavy atom. The van der Waals surface area contributed by atoms with E-state index in [1.807, 2.05) is 0 Å². The molecule has 0 heterocycles. The van der Waals surface area contributed by atoms with Gasteiger partial charge in [0.25, 0.3) is 5.91 Å². The lowest BCUT2D eigenvalue weighted by atomic mass is 10.1. The summed E-state index contributed by atoms with van der Waals surface area (Å²) in [5.74, 6) is -1.47. The molecular formula is C14H12N2O3. The quantitative estimate of drug-likeness (QED) is 0.734. The highest BCUT2D eigenvalue weighted by Gasteiger charge is 2.13. The summed E-state index contributed by atoms with van der Waals surface area (Å²) in [6.07, 6.45) is 0. The largest absolute Gasteiger partial charge is 0.478 e. The molecule has 0 saturated heterocycles. The Kier molecular flexibility index (Phi) is 3.47. The predicted molar refractivity (Wildman–Crippen MR) is 72.2 cm³/mol. The normalized spacial score (nSPS) is 9.89. The first-order valence-corrected chi connectivity index (χ1v) is 5.58. The summed E-state index contributed by atoms with van der Waals surface area (Å²) < 4.78 is 0. The molecule has 2 rings (SSSR count). The van der Waals surface area contributed by atoms with E-state index >= 15 is 0 Å². The maximum atomic E-state index is 11.9. The van der Waals surface area contributed by atoms with Gasteiger partial charge < -0.3 is 16.2 Å². The molecule has 5 heteroatoms. The van der Waals surface area contributed by atoms with Crippen LogP contribution < -0.4 is 11.1 Å². The summed E-state index contributed by atoms with van der Waals surface area (Å²) in [7, 11) is 0. The molecule has 4 N–H and O–H groups in total. The molecule has 0 atom stereocenters. The van der Waals surface area contributed by atoms with Crippen molar-refractivity contribution >= 4 is 23.3 Å². The van der Waals surface area contributed by atoms with Gasteiger partial charge in [-0.25, -0.2) is 4.79 Å². The molecular weight excluding hydrogens is 244 g/mol. The first-order valence-electron chi connectivity index (χ1n) is 5.58. The summed E-state index contributed by atoms with van der Waals surface area (Å²) in [6, 6.07) is 13.1. The van der Waals surface area contributed by atoms with Crippen molar-refractivity contribution in [3.63, 3.8) is 0 Å². The van der Waals surface area contributed by atoms with Crippen LogP contribution in [0.5, 0.6) is 0 Å². The van der Waals surface area contributed by atoms with E-state index in [9.17, 15) is 9.59 Å². The summed E-state index contributed by atoms with van der Waals surface area (Å²) in [4.78, 5) is 22.9. The van der Waals surface area contributed by atoms with Gasteiger partial charge in [-0.3, -0.25) is 4.79 Å². The molecule has 0 bridgehead atoms. The molecule has 5 nitrogen and oxygen atoms in total. The van der Waals surface area contributed by atoms with E-state index in [4.69, 9.17) is 10.8 Å². The maximum Gasteiger partial charge on any atom is 0.337 e. The third-order valence-electron chi connectivity index (χ3n) is 2.62. The fraction of sp³-hybridized carbons (Fsp3) is 0. The molecule has 2 aromatic carbocycles. The van der Waals surface area contributed by atoms with Crippen molar-refractivity contribution in [2.45, 2.75) is 0 Å². The smallest absolute Gasteiger partial charge is 0.337 e. The topological polar surface area (TPSA) is 92.4 Å². The van der Waals surface area contributed by atoms with Gasteiger partial charge in [0.1, 0.15) is 0 Å². The van der Waals surface area contributed by atoms with Crippen LogP contribution in [0.2, 0.25) is 0 Å². The van der Waals surface area contributed by atoms with Crippen molar-refractivity contribution in [2.24, 2.45) is 0 Å². The van der Waals surface area contributed by atoms with Crippen LogP contribution in [0, 0.1) is 0 Å². The number of carbonyl (C=O) groups excluding carboxylic acids is 1. The average Bonchev–Trinajstić information content (AvgIpc) is 2.41. The molecule has 96 valence electrons. The monoisotopic (exact) mass is 256 g/mol. The fourth-order valence-electron chi connectivity index (χ4n) is 1.64. The second-order valence-electron chi connectivity index (χ2n) is 3.89. The molecule has 0 aromatic heterocycles. The fourth-order valence-corrected chi connectivity index (χ4v) is 1.64. The van der Waals surface area contributed by atoms with Crippen molar-refractivity contribution in [1.82, 2.24) is 0 Å². The standard InChI is InChI=1S/C14H12N2O3/c15-12-10(14(18)19)7-4-8-11(12)16-13(17)9-5-2-1-3-6-9/h1-8H,15H2,(H,16,17)(H,18,19). The van der Waals surface area contributed by atoms with Crippen molar-refractivity contribution in [1.29, 1.82) is 0 Å². The van der Waals surface area contributed by atoms with E-state index in [0.29, 0.717) is 5.56 Å². The number of amides is 1. The number of nitrogens with two attached hydrogens (primary N) is 1. The van der Waals surface area contributed by atoms with Crippen LogP contribution in [-0.2, 0) is 0 Å². The highest BCUT2D eigenvalue weighted by Crippen LogP contribution is 2.23. The number of carbonyl (C=O) groups is 2. The SMILES string of the molecule is Nc1c(NC(=O)c2ccccc2)cccc1C(=O)O. The van der Waals surface area contributed by atoms with Crippen LogP contribution in [0.4, 0.5) is 11.4 Å². The molecule has 0 spiro atoms. The Bertz CT molecular complexity index is 624. The third kappa shape index (κ3) is 2.71. The van der Waals surface area contributed by atoms with Crippen LogP contribution in [-0.4, -0.2) is 17.0 Å². The number of rotatable bonds is 3. The molecule has 0 aliphatic rings. The molecule has 0 radical (unpaired) electrons. The number of hydrogen-bond donors (Lipinski definition) is 3. The van der Waals surface area contributed by atoms with E-state index in [0.717, 1.165) is 0 Å². The predicted octanol–water partition coefficient (Wildman–Crippen LogP) is 2.22.